The Morgan fingerprint density at radius 3 is 2.11 bits per heavy atom. The van der Waals surface area contributed by atoms with Gasteiger partial charge in [-0.25, -0.2) is 0 Å². The van der Waals surface area contributed by atoms with Gasteiger partial charge in [-0.05, 0) is 31.0 Å². The van der Waals surface area contributed by atoms with Gasteiger partial charge in [0.1, 0.15) is 5.75 Å². The van der Waals surface area contributed by atoms with E-state index in [9.17, 15) is 0 Å². The minimum atomic E-state index is 0.255. The second kappa shape index (κ2) is 7.19. The quantitative estimate of drug-likeness (QED) is 0.462. The molecule has 0 aromatic heterocycles. The van der Waals surface area contributed by atoms with E-state index in [4.69, 9.17) is 27.9 Å². The highest BCUT2D eigenvalue weighted by Gasteiger charge is 2.30. The lowest BCUT2D eigenvalue weighted by molar-refractivity contribution is 0.149. The average Bonchev–Trinajstić information content (AvgIpc) is 2.61. The molecule has 1 aliphatic carbocycles. The molecule has 0 amide bonds. The first-order chi connectivity index (χ1) is 9.13. The van der Waals surface area contributed by atoms with Crippen molar-refractivity contribution in [2.45, 2.75) is 38.5 Å². The molecule has 1 aromatic rings. The van der Waals surface area contributed by atoms with E-state index in [1.165, 1.54) is 38.5 Å². The molecule has 0 heterocycles. The van der Waals surface area contributed by atoms with Crippen LogP contribution in [0.1, 0.15) is 38.5 Å². The highest BCUT2D eigenvalue weighted by atomic mass is 79.9. The highest BCUT2D eigenvalue weighted by molar-refractivity contribution is 9.09. The summed E-state index contributed by atoms with van der Waals surface area (Å²) in [6, 6.07) is 5.38. The molecule has 0 saturated heterocycles. The van der Waals surface area contributed by atoms with Crippen molar-refractivity contribution < 1.29 is 4.74 Å². The predicted octanol–water partition coefficient (Wildman–Crippen LogP) is 6.11. The molecule has 1 aromatic carbocycles. The number of halogens is 3. The second-order valence-corrected chi connectivity index (χ2v) is 6.88. The number of rotatable bonds is 4. The fourth-order valence-electron chi connectivity index (χ4n) is 2.64. The SMILES string of the molecule is Clc1cc(Cl)cc(OCC2(CBr)CCCCCC2)c1. The zero-order chi connectivity index (χ0) is 13.7. The summed E-state index contributed by atoms with van der Waals surface area (Å²) in [6.45, 7) is 0.731. The molecule has 1 fully saturated rings. The van der Waals surface area contributed by atoms with Crippen molar-refractivity contribution in [1.82, 2.24) is 0 Å². The van der Waals surface area contributed by atoms with Crippen LogP contribution in [0.5, 0.6) is 5.75 Å². The zero-order valence-corrected chi connectivity index (χ0v) is 14.0. The Bertz CT molecular complexity index is 394. The van der Waals surface area contributed by atoms with Crippen LogP contribution in [0.25, 0.3) is 0 Å². The van der Waals surface area contributed by atoms with Crippen molar-refractivity contribution in [3.8, 4) is 5.75 Å². The fraction of sp³-hybridized carbons (Fsp3) is 0.600. The van der Waals surface area contributed by atoms with Gasteiger partial charge in [-0.1, -0.05) is 64.8 Å². The number of benzene rings is 1. The molecule has 0 spiro atoms. The van der Waals surface area contributed by atoms with E-state index < -0.39 is 0 Å². The number of hydrogen-bond acceptors (Lipinski definition) is 1. The van der Waals surface area contributed by atoms with E-state index in [0.717, 1.165) is 17.7 Å². The molecule has 0 unspecified atom stereocenters. The summed E-state index contributed by atoms with van der Waals surface area (Å²) in [6.07, 6.45) is 7.74. The molecule has 0 radical (unpaired) electrons. The lowest BCUT2D eigenvalue weighted by Gasteiger charge is -2.30. The van der Waals surface area contributed by atoms with Gasteiger partial charge in [-0.15, -0.1) is 0 Å². The van der Waals surface area contributed by atoms with E-state index in [-0.39, 0.29) is 5.41 Å². The van der Waals surface area contributed by atoms with Gasteiger partial charge < -0.3 is 4.74 Å². The molecular formula is C15H19BrCl2O. The van der Waals surface area contributed by atoms with Crippen LogP contribution in [0.3, 0.4) is 0 Å². The number of alkyl halides is 1. The third-order valence-electron chi connectivity index (χ3n) is 3.83. The Balaban J connectivity index is 2.02. The molecular weight excluding hydrogens is 347 g/mol. The summed E-state index contributed by atoms with van der Waals surface area (Å²) >= 11 is 15.7. The summed E-state index contributed by atoms with van der Waals surface area (Å²) in [4.78, 5) is 0. The van der Waals surface area contributed by atoms with Gasteiger partial charge in [0.05, 0.1) is 6.61 Å². The molecule has 106 valence electrons. The van der Waals surface area contributed by atoms with Gasteiger partial charge in [-0.3, -0.25) is 0 Å². The molecule has 1 aliphatic rings. The Labute approximate surface area is 133 Å². The van der Waals surface area contributed by atoms with E-state index in [0.29, 0.717) is 10.0 Å². The molecule has 1 nitrogen and oxygen atoms in total. The van der Waals surface area contributed by atoms with Crippen molar-refractivity contribution in [2.75, 3.05) is 11.9 Å². The molecule has 1 saturated carbocycles. The molecule has 0 N–H and O–H groups in total. The molecule has 19 heavy (non-hydrogen) atoms. The standard InChI is InChI=1S/C15H19BrCl2O/c16-10-15(5-3-1-2-4-6-15)11-19-14-8-12(17)7-13(18)9-14/h7-9H,1-6,10-11H2. The van der Waals surface area contributed by atoms with Crippen LogP contribution in [0.2, 0.25) is 10.0 Å². The van der Waals surface area contributed by atoms with E-state index in [2.05, 4.69) is 15.9 Å². The van der Waals surface area contributed by atoms with Crippen molar-refractivity contribution in [1.29, 1.82) is 0 Å². The smallest absolute Gasteiger partial charge is 0.122 e. The van der Waals surface area contributed by atoms with Crippen LogP contribution >= 0.6 is 39.1 Å². The first-order valence-corrected chi connectivity index (χ1v) is 8.66. The fourth-order valence-corrected chi connectivity index (χ4v) is 3.87. The topological polar surface area (TPSA) is 9.23 Å². The number of hydrogen-bond donors (Lipinski definition) is 0. The van der Waals surface area contributed by atoms with Gasteiger partial charge in [0, 0.05) is 20.8 Å². The predicted molar refractivity (Wildman–Crippen MR) is 85.9 cm³/mol. The molecule has 4 heteroatoms. The van der Waals surface area contributed by atoms with Gasteiger partial charge >= 0.3 is 0 Å². The van der Waals surface area contributed by atoms with Crippen LogP contribution < -0.4 is 4.74 Å². The van der Waals surface area contributed by atoms with Crippen molar-refractivity contribution in [3.63, 3.8) is 0 Å². The number of ether oxygens (including phenoxy) is 1. The Kier molecular flexibility index (Phi) is 5.86. The zero-order valence-electron chi connectivity index (χ0n) is 10.9. The molecule has 0 bridgehead atoms. The third-order valence-corrected chi connectivity index (χ3v) is 5.45. The van der Waals surface area contributed by atoms with E-state index in [1.54, 1.807) is 6.07 Å². The van der Waals surface area contributed by atoms with Crippen LogP contribution in [0.4, 0.5) is 0 Å². The summed E-state index contributed by atoms with van der Waals surface area (Å²) in [5, 5.41) is 2.24. The maximum atomic E-state index is 5.99. The van der Waals surface area contributed by atoms with Gasteiger partial charge in [0.15, 0.2) is 0 Å². The highest BCUT2D eigenvalue weighted by Crippen LogP contribution is 2.37. The van der Waals surface area contributed by atoms with Crippen molar-refractivity contribution in [2.24, 2.45) is 5.41 Å². The molecule has 0 atom stereocenters. The Hall–Kier alpha value is 0.0800. The van der Waals surface area contributed by atoms with E-state index >= 15 is 0 Å². The Morgan fingerprint density at radius 1 is 1.00 bits per heavy atom. The summed E-state index contributed by atoms with van der Waals surface area (Å²) < 4.78 is 5.96. The summed E-state index contributed by atoms with van der Waals surface area (Å²) in [7, 11) is 0. The maximum Gasteiger partial charge on any atom is 0.122 e. The summed E-state index contributed by atoms with van der Waals surface area (Å²) in [5.74, 6) is 0.766. The molecule has 2 rings (SSSR count). The lowest BCUT2D eigenvalue weighted by Crippen LogP contribution is -2.29. The largest absolute Gasteiger partial charge is 0.493 e. The first-order valence-electron chi connectivity index (χ1n) is 6.78. The second-order valence-electron chi connectivity index (χ2n) is 5.44. The Morgan fingerprint density at radius 2 is 1.58 bits per heavy atom. The lowest BCUT2D eigenvalue weighted by atomic mass is 9.83. The average molecular weight is 366 g/mol. The minimum Gasteiger partial charge on any atom is -0.493 e. The van der Waals surface area contributed by atoms with E-state index in [1.807, 2.05) is 12.1 Å². The van der Waals surface area contributed by atoms with Gasteiger partial charge in [0.2, 0.25) is 0 Å². The van der Waals surface area contributed by atoms with Crippen LogP contribution in [-0.4, -0.2) is 11.9 Å². The third kappa shape index (κ3) is 4.54. The van der Waals surface area contributed by atoms with Crippen LogP contribution in [0.15, 0.2) is 18.2 Å². The first kappa shape index (κ1) is 15.5. The molecule has 0 aliphatic heterocycles. The summed E-state index contributed by atoms with van der Waals surface area (Å²) in [5.41, 5.74) is 0.255. The minimum absolute atomic E-state index is 0.255. The van der Waals surface area contributed by atoms with Gasteiger partial charge in [-0.2, -0.15) is 0 Å². The van der Waals surface area contributed by atoms with Gasteiger partial charge in [0.25, 0.3) is 0 Å². The van der Waals surface area contributed by atoms with Crippen LogP contribution in [0, 0.1) is 5.41 Å². The van der Waals surface area contributed by atoms with Crippen LogP contribution in [-0.2, 0) is 0 Å². The normalized spacial score (nSPS) is 18.9. The monoisotopic (exact) mass is 364 g/mol. The van der Waals surface area contributed by atoms with Crippen molar-refractivity contribution in [3.05, 3.63) is 28.2 Å². The van der Waals surface area contributed by atoms with Crippen molar-refractivity contribution >= 4 is 39.1 Å². The maximum absolute atomic E-state index is 5.99.